The highest BCUT2D eigenvalue weighted by molar-refractivity contribution is 6.46. The van der Waals surface area contributed by atoms with Gasteiger partial charge in [0.2, 0.25) is 0 Å². The molecule has 3 aromatic carbocycles. The summed E-state index contributed by atoms with van der Waals surface area (Å²) in [7, 11) is 1.50. The van der Waals surface area contributed by atoms with E-state index >= 15 is 0 Å². The van der Waals surface area contributed by atoms with E-state index in [1.165, 1.54) is 25.3 Å². The number of nitrogens with zero attached hydrogens (tertiary/aromatic N) is 1. The number of hydrogen-bond donors (Lipinski definition) is 1. The highest BCUT2D eigenvalue weighted by Gasteiger charge is 2.41. The standard InChI is InChI=1S/C23H17FN2O3/c1-29-19-13-6-5-12-18(19)20-21(25-16-9-7-8-15(24)14-16)23(28)26(22(20)27)17-10-3-2-4-11-17/h2-14,25H,1H3. The molecule has 1 aliphatic heterocycles. The Morgan fingerprint density at radius 3 is 2.31 bits per heavy atom. The Balaban J connectivity index is 1.87. The van der Waals surface area contributed by atoms with E-state index in [9.17, 15) is 14.0 Å². The number of hydrogen-bond acceptors (Lipinski definition) is 4. The minimum Gasteiger partial charge on any atom is -0.496 e. The fourth-order valence-electron chi connectivity index (χ4n) is 3.27. The number of carbonyl (C=O) groups is 2. The fraction of sp³-hybridized carbons (Fsp3) is 0.0435. The van der Waals surface area contributed by atoms with Crippen LogP contribution in [0.4, 0.5) is 15.8 Å². The van der Waals surface area contributed by atoms with Crippen LogP contribution in [0, 0.1) is 5.82 Å². The van der Waals surface area contributed by atoms with Gasteiger partial charge in [-0.25, -0.2) is 9.29 Å². The van der Waals surface area contributed by atoms with Crippen LogP contribution in [0.5, 0.6) is 5.75 Å². The van der Waals surface area contributed by atoms with Crippen molar-refractivity contribution in [2.24, 2.45) is 0 Å². The van der Waals surface area contributed by atoms with E-state index in [2.05, 4.69) is 5.32 Å². The maximum absolute atomic E-state index is 13.7. The van der Waals surface area contributed by atoms with Crippen LogP contribution < -0.4 is 15.0 Å². The summed E-state index contributed by atoms with van der Waals surface area (Å²) in [5.41, 5.74) is 1.52. The summed E-state index contributed by atoms with van der Waals surface area (Å²) in [6, 6.07) is 21.3. The lowest BCUT2D eigenvalue weighted by molar-refractivity contribution is -0.120. The van der Waals surface area contributed by atoms with Crippen molar-refractivity contribution >= 4 is 28.8 Å². The summed E-state index contributed by atoms with van der Waals surface area (Å²) in [5, 5.41) is 2.93. The SMILES string of the molecule is COc1ccccc1C1=C(Nc2cccc(F)c2)C(=O)N(c2ccccc2)C1=O. The molecule has 6 heteroatoms. The third-order valence-electron chi connectivity index (χ3n) is 4.57. The van der Waals surface area contributed by atoms with Gasteiger partial charge in [-0.3, -0.25) is 9.59 Å². The molecule has 0 aliphatic carbocycles. The Labute approximate surface area is 167 Å². The molecule has 1 aliphatic rings. The van der Waals surface area contributed by atoms with Crippen LogP contribution in [-0.4, -0.2) is 18.9 Å². The van der Waals surface area contributed by atoms with Crippen LogP contribution in [0.3, 0.4) is 0 Å². The number of methoxy groups -OCH3 is 1. The number of benzene rings is 3. The largest absolute Gasteiger partial charge is 0.496 e. The molecule has 0 radical (unpaired) electrons. The van der Waals surface area contributed by atoms with E-state index < -0.39 is 17.6 Å². The second-order valence-corrected chi connectivity index (χ2v) is 6.37. The predicted molar refractivity (Wildman–Crippen MR) is 109 cm³/mol. The first-order chi connectivity index (χ1) is 14.1. The molecule has 1 N–H and O–H groups in total. The zero-order chi connectivity index (χ0) is 20.4. The van der Waals surface area contributed by atoms with Gasteiger partial charge in [0.1, 0.15) is 17.3 Å². The summed E-state index contributed by atoms with van der Waals surface area (Å²) in [6.45, 7) is 0. The van der Waals surface area contributed by atoms with Crippen LogP contribution in [0.25, 0.3) is 5.57 Å². The van der Waals surface area contributed by atoms with Gasteiger partial charge < -0.3 is 10.1 Å². The molecule has 3 aromatic rings. The molecule has 2 amide bonds. The monoisotopic (exact) mass is 388 g/mol. The molecular weight excluding hydrogens is 371 g/mol. The summed E-state index contributed by atoms with van der Waals surface area (Å²) < 4.78 is 19.1. The lowest BCUT2D eigenvalue weighted by Gasteiger charge is -2.15. The minimum atomic E-state index is -0.522. The molecule has 29 heavy (non-hydrogen) atoms. The Morgan fingerprint density at radius 2 is 1.59 bits per heavy atom. The number of anilines is 2. The van der Waals surface area contributed by atoms with Crippen LogP contribution in [0.1, 0.15) is 5.56 Å². The van der Waals surface area contributed by atoms with Crippen molar-refractivity contribution in [3.05, 3.63) is 95.9 Å². The summed E-state index contributed by atoms with van der Waals surface area (Å²) >= 11 is 0. The number of carbonyl (C=O) groups excluding carboxylic acids is 2. The molecule has 0 bridgehead atoms. The second-order valence-electron chi connectivity index (χ2n) is 6.37. The molecule has 0 saturated carbocycles. The van der Waals surface area contributed by atoms with Gasteiger partial charge in [0, 0.05) is 11.3 Å². The predicted octanol–water partition coefficient (Wildman–Crippen LogP) is 4.23. The van der Waals surface area contributed by atoms with E-state index in [0.717, 1.165) is 4.90 Å². The molecular formula is C23H17FN2O3. The number of imide groups is 1. The second kappa shape index (κ2) is 7.59. The molecule has 0 fully saturated rings. The van der Waals surface area contributed by atoms with Crippen molar-refractivity contribution in [1.82, 2.24) is 0 Å². The average Bonchev–Trinajstić information content (AvgIpc) is 2.98. The van der Waals surface area contributed by atoms with Gasteiger partial charge in [0.15, 0.2) is 0 Å². The van der Waals surface area contributed by atoms with Gasteiger partial charge in [0.05, 0.1) is 18.4 Å². The van der Waals surface area contributed by atoms with Crippen LogP contribution in [0.2, 0.25) is 0 Å². The molecule has 144 valence electrons. The lowest BCUT2D eigenvalue weighted by Crippen LogP contribution is -2.32. The molecule has 4 rings (SSSR count). The average molecular weight is 388 g/mol. The topological polar surface area (TPSA) is 58.6 Å². The number of amides is 2. The maximum Gasteiger partial charge on any atom is 0.282 e. The van der Waals surface area contributed by atoms with E-state index in [0.29, 0.717) is 22.7 Å². The highest BCUT2D eigenvalue weighted by Crippen LogP contribution is 2.37. The summed E-state index contributed by atoms with van der Waals surface area (Å²) in [5.74, 6) is -1.00. The summed E-state index contributed by atoms with van der Waals surface area (Å²) in [6.07, 6.45) is 0. The highest BCUT2D eigenvalue weighted by atomic mass is 19.1. The first kappa shape index (κ1) is 18.4. The van der Waals surface area contributed by atoms with Crippen molar-refractivity contribution in [1.29, 1.82) is 0 Å². The normalized spacial score (nSPS) is 13.8. The molecule has 0 unspecified atom stereocenters. The number of ether oxygens (including phenoxy) is 1. The zero-order valence-corrected chi connectivity index (χ0v) is 15.6. The van der Waals surface area contributed by atoms with E-state index in [-0.39, 0.29) is 11.3 Å². The first-order valence-corrected chi connectivity index (χ1v) is 8.94. The number of para-hydroxylation sites is 2. The molecule has 5 nitrogen and oxygen atoms in total. The van der Waals surface area contributed by atoms with Gasteiger partial charge in [0.25, 0.3) is 11.8 Å². The third kappa shape index (κ3) is 3.36. The van der Waals surface area contributed by atoms with E-state index in [1.54, 1.807) is 60.7 Å². The van der Waals surface area contributed by atoms with Crippen molar-refractivity contribution in [2.75, 3.05) is 17.3 Å². The Bertz CT molecular complexity index is 1130. The van der Waals surface area contributed by atoms with Crippen molar-refractivity contribution < 1.29 is 18.7 Å². The van der Waals surface area contributed by atoms with Crippen molar-refractivity contribution in [3.8, 4) is 5.75 Å². The van der Waals surface area contributed by atoms with Gasteiger partial charge in [-0.15, -0.1) is 0 Å². The van der Waals surface area contributed by atoms with Crippen molar-refractivity contribution in [3.63, 3.8) is 0 Å². The third-order valence-corrected chi connectivity index (χ3v) is 4.57. The van der Waals surface area contributed by atoms with Crippen LogP contribution >= 0.6 is 0 Å². The first-order valence-electron chi connectivity index (χ1n) is 8.94. The van der Waals surface area contributed by atoms with Gasteiger partial charge >= 0.3 is 0 Å². The zero-order valence-electron chi connectivity index (χ0n) is 15.6. The fourth-order valence-corrected chi connectivity index (χ4v) is 3.27. The van der Waals surface area contributed by atoms with E-state index in [4.69, 9.17) is 4.74 Å². The van der Waals surface area contributed by atoms with E-state index in [1.807, 2.05) is 0 Å². The summed E-state index contributed by atoms with van der Waals surface area (Å²) in [4.78, 5) is 27.7. The lowest BCUT2D eigenvalue weighted by atomic mass is 10.0. The molecule has 0 spiro atoms. The Hall–Kier alpha value is -3.93. The molecule has 0 aromatic heterocycles. The molecule has 0 saturated heterocycles. The molecule has 0 atom stereocenters. The number of nitrogens with one attached hydrogen (secondary N) is 1. The van der Waals surface area contributed by atoms with Gasteiger partial charge in [-0.05, 0) is 36.4 Å². The number of halogens is 1. The van der Waals surface area contributed by atoms with Crippen molar-refractivity contribution in [2.45, 2.75) is 0 Å². The Morgan fingerprint density at radius 1 is 0.862 bits per heavy atom. The van der Waals surface area contributed by atoms with Gasteiger partial charge in [-0.2, -0.15) is 0 Å². The smallest absolute Gasteiger partial charge is 0.282 e. The minimum absolute atomic E-state index is 0.0638. The Kier molecular flexibility index (Phi) is 4.83. The van der Waals surface area contributed by atoms with Gasteiger partial charge in [-0.1, -0.05) is 42.5 Å². The van der Waals surface area contributed by atoms with Crippen LogP contribution in [-0.2, 0) is 9.59 Å². The quantitative estimate of drug-likeness (QED) is 0.665. The van der Waals surface area contributed by atoms with Crippen LogP contribution in [0.15, 0.2) is 84.6 Å². The maximum atomic E-state index is 13.7. The number of rotatable bonds is 5. The molecule has 1 heterocycles.